The molecular formula is C18H19FN2O2. The van der Waals surface area contributed by atoms with E-state index in [1.807, 2.05) is 37.3 Å². The minimum atomic E-state index is -0.699. The van der Waals surface area contributed by atoms with Crippen molar-refractivity contribution in [1.29, 1.82) is 0 Å². The van der Waals surface area contributed by atoms with Gasteiger partial charge in [0.2, 0.25) is 0 Å². The van der Waals surface area contributed by atoms with Crippen LogP contribution in [0.4, 0.5) is 4.39 Å². The van der Waals surface area contributed by atoms with Gasteiger partial charge in [-0.15, -0.1) is 0 Å². The van der Waals surface area contributed by atoms with Crippen LogP contribution in [0.15, 0.2) is 54.6 Å². The van der Waals surface area contributed by atoms with Crippen LogP contribution < -0.4 is 10.6 Å². The van der Waals surface area contributed by atoms with Gasteiger partial charge < -0.3 is 10.6 Å². The molecule has 2 N–H and O–H groups in total. The van der Waals surface area contributed by atoms with E-state index < -0.39 is 11.8 Å². The lowest BCUT2D eigenvalue weighted by atomic mass is 10.0. The molecule has 0 unspecified atom stereocenters. The van der Waals surface area contributed by atoms with Gasteiger partial charge in [0.25, 0.3) is 0 Å². The summed E-state index contributed by atoms with van der Waals surface area (Å²) in [5.41, 5.74) is 1.82. The molecule has 0 aliphatic carbocycles. The van der Waals surface area contributed by atoms with Crippen LogP contribution in [0.25, 0.3) is 0 Å². The summed E-state index contributed by atoms with van der Waals surface area (Å²) in [5.74, 6) is -1.60. The summed E-state index contributed by atoms with van der Waals surface area (Å²) in [6.45, 7) is 2.54. The van der Waals surface area contributed by atoms with E-state index >= 15 is 0 Å². The van der Waals surface area contributed by atoms with E-state index in [4.69, 9.17) is 0 Å². The van der Waals surface area contributed by atoms with Gasteiger partial charge in [0.05, 0.1) is 0 Å². The fourth-order valence-electron chi connectivity index (χ4n) is 2.09. The van der Waals surface area contributed by atoms with Gasteiger partial charge in [-0.1, -0.05) is 49.4 Å². The second kappa shape index (κ2) is 8.08. The third-order valence-electron chi connectivity index (χ3n) is 3.51. The van der Waals surface area contributed by atoms with Crippen molar-refractivity contribution in [3.8, 4) is 0 Å². The van der Waals surface area contributed by atoms with E-state index in [0.717, 1.165) is 11.1 Å². The molecule has 4 nitrogen and oxygen atoms in total. The third-order valence-corrected chi connectivity index (χ3v) is 3.51. The predicted molar refractivity (Wildman–Crippen MR) is 86.1 cm³/mol. The molecule has 0 saturated carbocycles. The van der Waals surface area contributed by atoms with Gasteiger partial charge in [0, 0.05) is 13.1 Å². The van der Waals surface area contributed by atoms with E-state index in [2.05, 4.69) is 10.6 Å². The molecule has 0 bridgehead atoms. The predicted octanol–water partition coefficient (Wildman–Crippen LogP) is 2.36. The van der Waals surface area contributed by atoms with Gasteiger partial charge in [0.15, 0.2) is 0 Å². The number of benzene rings is 2. The molecule has 1 atom stereocenters. The Hall–Kier alpha value is -2.69. The highest BCUT2D eigenvalue weighted by molar-refractivity contribution is 6.35. The van der Waals surface area contributed by atoms with Crippen LogP contribution in [-0.2, 0) is 16.1 Å². The summed E-state index contributed by atoms with van der Waals surface area (Å²) in [6.07, 6.45) is 0. The highest BCUT2D eigenvalue weighted by Crippen LogP contribution is 2.12. The fourth-order valence-corrected chi connectivity index (χ4v) is 2.09. The van der Waals surface area contributed by atoms with Crippen molar-refractivity contribution in [2.24, 2.45) is 0 Å². The molecule has 0 aromatic heterocycles. The molecule has 0 saturated heterocycles. The number of halogens is 1. The maximum Gasteiger partial charge on any atom is 0.309 e. The number of carbonyl (C=O) groups is 2. The average molecular weight is 314 g/mol. The number of nitrogens with one attached hydrogen (secondary N) is 2. The van der Waals surface area contributed by atoms with Crippen molar-refractivity contribution in [3.05, 3.63) is 71.5 Å². The molecule has 5 heteroatoms. The second-order valence-electron chi connectivity index (χ2n) is 5.33. The monoisotopic (exact) mass is 314 g/mol. The molecule has 0 aliphatic heterocycles. The number of amides is 2. The normalized spacial score (nSPS) is 11.6. The molecule has 23 heavy (non-hydrogen) atoms. The first-order chi connectivity index (χ1) is 11.1. The summed E-state index contributed by atoms with van der Waals surface area (Å²) in [4.78, 5) is 23.5. The van der Waals surface area contributed by atoms with E-state index in [9.17, 15) is 14.0 Å². The van der Waals surface area contributed by atoms with Gasteiger partial charge >= 0.3 is 11.8 Å². The SMILES string of the molecule is C[C@H](CNC(=O)C(=O)NCc1ccc(F)cc1)c1ccccc1. The average Bonchev–Trinajstić information content (AvgIpc) is 2.59. The Morgan fingerprint density at radius 3 is 2.22 bits per heavy atom. The van der Waals surface area contributed by atoms with Crippen molar-refractivity contribution in [3.63, 3.8) is 0 Å². The lowest BCUT2D eigenvalue weighted by Crippen LogP contribution is -2.40. The van der Waals surface area contributed by atoms with E-state index in [1.54, 1.807) is 12.1 Å². The van der Waals surface area contributed by atoms with Crippen LogP contribution in [0.5, 0.6) is 0 Å². The van der Waals surface area contributed by atoms with Gasteiger partial charge in [-0.25, -0.2) is 4.39 Å². The Morgan fingerprint density at radius 1 is 0.957 bits per heavy atom. The number of hydrogen-bond acceptors (Lipinski definition) is 2. The summed E-state index contributed by atoms with van der Waals surface area (Å²) < 4.78 is 12.8. The third kappa shape index (κ3) is 5.21. The maximum absolute atomic E-state index is 12.8. The first-order valence-electron chi connectivity index (χ1n) is 7.41. The topological polar surface area (TPSA) is 58.2 Å². The first-order valence-corrected chi connectivity index (χ1v) is 7.41. The minimum Gasteiger partial charge on any atom is -0.347 e. The number of hydrogen-bond donors (Lipinski definition) is 2. The van der Waals surface area contributed by atoms with Crippen LogP contribution in [0.1, 0.15) is 24.0 Å². The smallest absolute Gasteiger partial charge is 0.309 e. The molecule has 2 rings (SSSR count). The molecule has 0 fully saturated rings. The molecule has 0 radical (unpaired) electrons. The minimum absolute atomic E-state index is 0.116. The van der Waals surface area contributed by atoms with Crippen molar-refractivity contribution < 1.29 is 14.0 Å². The van der Waals surface area contributed by atoms with Crippen LogP contribution in [0.2, 0.25) is 0 Å². The van der Waals surface area contributed by atoms with Crippen LogP contribution in [0.3, 0.4) is 0 Å². The first kappa shape index (κ1) is 16.7. The molecule has 2 aromatic rings. The number of rotatable bonds is 5. The lowest BCUT2D eigenvalue weighted by Gasteiger charge is -2.13. The molecule has 0 aliphatic rings. The summed E-state index contributed by atoms with van der Waals surface area (Å²) in [7, 11) is 0. The zero-order valence-corrected chi connectivity index (χ0v) is 12.9. The van der Waals surface area contributed by atoms with Crippen LogP contribution in [-0.4, -0.2) is 18.4 Å². The highest BCUT2D eigenvalue weighted by Gasteiger charge is 2.14. The Morgan fingerprint density at radius 2 is 1.57 bits per heavy atom. The van der Waals surface area contributed by atoms with Crippen LogP contribution in [0, 0.1) is 5.82 Å². The molecule has 2 aromatic carbocycles. The number of carbonyl (C=O) groups excluding carboxylic acids is 2. The summed E-state index contributed by atoms with van der Waals surface area (Å²) in [5, 5.41) is 5.12. The summed E-state index contributed by atoms with van der Waals surface area (Å²) in [6, 6.07) is 15.5. The Labute approximate surface area is 134 Å². The molecule has 2 amide bonds. The van der Waals surface area contributed by atoms with Crippen molar-refractivity contribution >= 4 is 11.8 Å². The van der Waals surface area contributed by atoms with E-state index in [0.29, 0.717) is 6.54 Å². The van der Waals surface area contributed by atoms with Gasteiger partial charge in [-0.3, -0.25) is 9.59 Å². The van der Waals surface area contributed by atoms with Gasteiger partial charge in [0.1, 0.15) is 5.82 Å². The van der Waals surface area contributed by atoms with E-state index in [1.165, 1.54) is 12.1 Å². The Bertz CT molecular complexity index is 656. The summed E-state index contributed by atoms with van der Waals surface area (Å²) >= 11 is 0. The standard InChI is InChI=1S/C18H19FN2O2/c1-13(15-5-3-2-4-6-15)11-20-17(22)18(23)21-12-14-7-9-16(19)10-8-14/h2-10,13H,11-12H2,1H3,(H,20,22)(H,21,23)/t13-/m1/s1. The van der Waals surface area contributed by atoms with Crippen molar-refractivity contribution in [2.45, 2.75) is 19.4 Å². The molecule has 0 heterocycles. The largest absolute Gasteiger partial charge is 0.347 e. The Balaban J connectivity index is 1.76. The van der Waals surface area contributed by atoms with Crippen molar-refractivity contribution in [2.75, 3.05) is 6.54 Å². The molecular weight excluding hydrogens is 295 g/mol. The van der Waals surface area contributed by atoms with Gasteiger partial charge in [-0.2, -0.15) is 0 Å². The Kier molecular flexibility index (Phi) is 5.86. The van der Waals surface area contributed by atoms with Crippen molar-refractivity contribution in [1.82, 2.24) is 10.6 Å². The highest BCUT2D eigenvalue weighted by atomic mass is 19.1. The zero-order valence-electron chi connectivity index (χ0n) is 12.9. The second-order valence-corrected chi connectivity index (χ2v) is 5.33. The van der Waals surface area contributed by atoms with E-state index in [-0.39, 0.29) is 18.3 Å². The zero-order chi connectivity index (χ0) is 16.7. The van der Waals surface area contributed by atoms with Gasteiger partial charge in [-0.05, 0) is 29.2 Å². The van der Waals surface area contributed by atoms with Crippen LogP contribution >= 0.6 is 0 Å². The maximum atomic E-state index is 12.8. The molecule has 120 valence electrons. The lowest BCUT2D eigenvalue weighted by molar-refractivity contribution is -0.139. The molecule has 0 spiro atoms. The fraction of sp³-hybridized carbons (Fsp3) is 0.222. The quantitative estimate of drug-likeness (QED) is 0.832.